The Morgan fingerprint density at radius 2 is 1.73 bits per heavy atom. The van der Waals surface area contributed by atoms with Gasteiger partial charge >= 0.3 is 0 Å². The van der Waals surface area contributed by atoms with Crippen LogP contribution in [0.25, 0.3) is 32.9 Å². The first-order valence-electron chi connectivity index (χ1n) is 13.7. The predicted octanol–water partition coefficient (Wildman–Crippen LogP) is 6.77. The highest BCUT2D eigenvalue weighted by Gasteiger charge is 2.20. The van der Waals surface area contributed by atoms with Crippen molar-refractivity contribution in [3.8, 4) is 11.1 Å². The highest BCUT2D eigenvalue weighted by atomic mass is 19.1. The van der Waals surface area contributed by atoms with Crippen LogP contribution in [0.1, 0.15) is 51.1 Å². The number of benzene rings is 4. The minimum Gasteiger partial charge on any atom is -0.366 e. The molecule has 0 spiro atoms. The van der Waals surface area contributed by atoms with E-state index in [2.05, 4.69) is 33.4 Å². The van der Waals surface area contributed by atoms with Crippen LogP contribution < -0.4 is 11.1 Å². The van der Waals surface area contributed by atoms with Crippen molar-refractivity contribution in [1.82, 2.24) is 9.88 Å². The van der Waals surface area contributed by atoms with E-state index in [4.69, 9.17) is 5.73 Å². The highest BCUT2D eigenvalue weighted by molar-refractivity contribution is 6.20. The monoisotopic (exact) mass is 534 g/mol. The Morgan fingerprint density at radius 3 is 2.48 bits per heavy atom. The lowest BCUT2D eigenvalue weighted by Crippen LogP contribution is -2.29. The predicted molar refractivity (Wildman–Crippen MR) is 158 cm³/mol. The molecule has 0 bridgehead atoms. The van der Waals surface area contributed by atoms with Crippen LogP contribution in [0.2, 0.25) is 0 Å². The molecular formula is C33H31FN4O2. The molecule has 4 aromatic carbocycles. The molecule has 1 aromatic heterocycles. The Balaban J connectivity index is 1.43. The minimum absolute atomic E-state index is 0.317. The van der Waals surface area contributed by atoms with Gasteiger partial charge in [0.05, 0.1) is 11.1 Å². The maximum Gasteiger partial charge on any atom is 0.255 e. The zero-order valence-electron chi connectivity index (χ0n) is 22.4. The standard InChI is InChI=1S/C33H31FN4O2/c1-20-24(6-5-7-28(20)37-33(40)22-9-11-23(34)12-10-22)25-14-15-27(32(35)39)31-30(25)26-13-8-21(18-29(26)36-31)19-38-16-3-2-4-17-38/h5-15,18,36H,2-4,16-17,19H2,1H3,(H2,35,39)(H,37,40). The number of H-pyrrole nitrogens is 1. The van der Waals surface area contributed by atoms with Crippen molar-refractivity contribution in [3.63, 3.8) is 0 Å². The number of fused-ring (bicyclic) bond motifs is 3. The Labute approximate surface area is 232 Å². The van der Waals surface area contributed by atoms with Crippen LogP contribution in [-0.2, 0) is 6.54 Å². The number of carbonyl (C=O) groups excluding carboxylic acids is 2. The van der Waals surface area contributed by atoms with Crippen molar-refractivity contribution in [3.05, 3.63) is 101 Å². The number of halogens is 1. The lowest BCUT2D eigenvalue weighted by atomic mass is 9.93. The molecule has 6 nitrogen and oxygen atoms in total. The van der Waals surface area contributed by atoms with Crippen LogP contribution in [0.5, 0.6) is 0 Å². The van der Waals surface area contributed by atoms with E-state index in [-0.39, 0.29) is 5.91 Å². The summed E-state index contributed by atoms with van der Waals surface area (Å²) in [6, 6.07) is 21.3. The smallest absolute Gasteiger partial charge is 0.255 e. The van der Waals surface area contributed by atoms with E-state index in [1.165, 1.54) is 49.1 Å². The van der Waals surface area contributed by atoms with Crippen molar-refractivity contribution in [2.24, 2.45) is 5.73 Å². The molecule has 0 aliphatic carbocycles. The van der Waals surface area contributed by atoms with E-state index in [9.17, 15) is 14.0 Å². The van der Waals surface area contributed by atoms with Crippen molar-refractivity contribution in [2.45, 2.75) is 32.7 Å². The fraction of sp³-hybridized carbons (Fsp3) is 0.212. The normalized spacial score (nSPS) is 14.1. The number of hydrogen-bond acceptors (Lipinski definition) is 3. The van der Waals surface area contributed by atoms with E-state index < -0.39 is 11.7 Å². The summed E-state index contributed by atoms with van der Waals surface area (Å²) in [5.74, 6) is -1.20. The molecule has 0 atom stereocenters. The topological polar surface area (TPSA) is 91.2 Å². The number of carbonyl (C=O) groups is 2. The maximum absolute atomic E-state index is 13.3. The van der Waals surface area contributed by atoms with Gasteiger partial charge in [0.2, 0.25) is 0 Å². The summed E-state index contributed by atoms with van der Waals surface area (Å²) in [4.78, 5) is 31.2. The van der Waals surface area contributed by atoms with Crippen molar-refractivity contribution in [1.29, 1.82) is 0 Å². The molecule has 1 aliphatic rings. The van der Waals surface area contributed by atoms with Crippen LogP contribution in [0.3, 0.4) is 0 Å². The van der Waals surface area contributed by atoms with Crippen LogP contribution in [-0.4, -0.2) is 34.8 Å². The van der Waals surface area contributed by atoms with Gasteiger partial charge in [-0.25, -0.2) is 4.39 Å². The lowest BCUT2D eigenvalue weighted by molar-refractivity contribution is 0.0999. The average molecular weight is 535 g/mol. The molecule has 2 amide bonds. The number of hydrogen-bond donors (Lipinski definition) is 3. The van der Waals surface area contributed by atoms with Crippen molar-refractivity contribution < 1.29 is 14.0 Å². The second-order valence-electron chi connectivity index (χ2n) is 10.6. The first kappa shape index (κ1) is 25.8. The molecule has 6 rings (SSSR count). The molecule has 4 N–H and O–H groups in total. The van der Waals surface area contributed by atoms with Crippen LogP contribution >= 0.6 is 0 Å². The van der Waals surface area contributed by atoms with Crippen molar-refractivity contribution >= 4 is 39.3 Å². The molecule has 0 radical (unpaired) electrons. The molecule has 202 valence electrons. The minimum atomic E-state index is -0.492. The van der Waals surface area contributed by atoms with Gasteiger partial charge in [-0.1, -0.05) is 36.8 Å². The van der Waals surface area contributed by atoms with Gasteiger partial charge < -0.3 is 16.0 Å². The van der Waals surface area contributed by atoms with E-state index in [1.807, 2.05) is 31.2 Å². The molecular weight excluding hydrogens is 503 g/mol. The van der Waals surface area contributed by atoms with E-state index in [1.54, 1.807) is 6.07 Å². The van der Waals surface area contributed by atoms with Crippen molar-refractivity contribution in [2.75, 3.05) is 18.4 Å². The van der Waals surface area contributed by atoms with Gasteiger partial charge in [0, 0.05) is 34.1 Å². The van der Waals surface area contributed by atoms with E-state index in [0.29, 0.717) is 22.3 Å². The number of aromatic amines is 1. The van der Waals surface area contributed by atoms with Gasteiger partial charge in [-0.3, -0.25) is 14.5 Å². The molecule has 7 heteroatoms. The molecule has 1 aliphatic heterocycles. The quantitative estimate of drug-likeness (QED) is 0.224. The number of nitrogens with one attached hydrogen (secondary N) is 2. The zero-order valence-corrected chi connectivity index (χ0v) is 22.4. The van der Waals surface area contributed by atoms with Crippen LogP contribution in [0.4, 0.5) is 10.1 Å². The Kier molecular flexibility index (Phi) is 6.82. The average Bonchev–Trinajstić information content (AvgIpc) is 3.33. The van der Waals surface area contributed by atoms with E-state index >= 15 is 0 Å². The number of nitrogens with two attached hydrogens (primary N) is 1. The van der Waals surface area contributed by atoms with Gasteiger partial charge in [0.1, 0.15) is 5.82 Å². The molecule has 0 saturated carbocycles. The number of aromatic nitrogens is 1. The summed E-state index contributed by atoms with van der Waals surface area (Å²) >= 11 is 0. The third-order valence-corrected chi connectivity index (χ3v) is 7.92. The van der Waals surface area contributed by atoms with Crippen LogP contribution in [0.15, 0.2) is 72.8 Å². The number of piperidine rings is 1. The van der Waals surface area contributed by atoms with Gasteiger partial charge in [-0.15, -0.1) is 0 Å². The molecule has 1 fully saturated rings. The third-order valence-electron chi connectivity index (χ3n) is 7.92. The fourth-order valence-electron chi connectivity index (χ4n) is 5.82. The summed E-state index contributed by atoms with van der Waals surface area (Å²) in [7, 11) is 0. The molecule has 1 saturated heterocycles. The SMILES string of the molecule is Cc1c(NC(=O)c2ccc(F)cc2)cccc1-c1ccc(C(N)=O)c2[nH]c3cc(CN4CCCCC4)ccc3c12. The fourth-order valence-corrected chi connectivity index (χ4v) is 5.82. The Bertz CT molecular complexity index is 1750. The van der Waals surface area contributed by atoms with Gasteiger partial charge in [0.15, 0.2) is 0 Å². The number of amides is 2. The van der Waals surface area contributed by atoms with Gasteiger partial charge in [0.25, 0.3) is 11.8 Å². The number of nitrogens with zero attached hydrogens (tertiary/aromatic N) is 1. The van der Waals surface area contributed by atoms with Gasteiger partial charge in [-0.05, 0) is 97.6 Å². The zero-order chi connectivity index (χ0) is 27.8. The maximum atomic E-state index is 13.3. The third kappa shape index (κ3) is 4.84. The highest BCUT2D eigenvalue weighted by Crippen LogP contribution is 2.39. The van der Waals surface area contributed by atoms with Crippen LogP contribution in [0, 0.1) is 12.7 Å². The largest absolute Gasteiger partial charge is 0.366 e. The Morgan fingerprint density at radius 1 is 0.950 bits per heavy atom. The first-order chi connectivity index (χ1) is 19.4. The second-order valence-corrected chi connectivity index (χ2v) is 10.6. The number of primary amides is 1. The summed E-state index contributed by atoms with van der Waals surface area (Å²) in [6.45, 7) is 5.09. The van der Waals surface area contributed by atoms with Gasteiger partial charge in [-0.2, -0.15) is 0 Å². The lowest BCUT2D eigenvalue weighted by Gasteiger charge is -2.26. The number of anilines is 1. The summed E-state index contributed by atoms with van der Waals surface area (Å²) in [6.07, 6.45) is 3.78. The Hall–Kier alpha value is -4.49. The molecule has 40 heavy (non-hydrogen) atoms. The summed E-state index contributed by atoms with van der Waals surface area (Å²) < 4.78 is 13.3. The number of rotatable bonds is 6. The molecule has 5 aromatic rings. The summed E-state index contributed by atoms with van der Waals surface area (Å²) in [5, 5.41) is 4.89. The second kappa shape index (κ2) is 10.6. The molecule has 0 unspecified atom stereocenters. The number of likely N-dealkylation sites (tertiary alicyclic amines) is 1. The summed E-state index contributed by atoms with van der Waals surface area (Å²) in [5.41, 5.74) is 12.9. The molecule has 2 heterocycles. The van der Waals surface area contributed by atoms with E-state index in [0.717, 1.165) is 52.6 Å². The first-order valence-corrected chi connectivity index (χ1v) is 13.7.